The summed E-state index contributed by atoms with van der Waals surface area (Å²) in [4.78, 5) is 34.7. The van der Waals surface area contributed by atoms with Crippen molar-refractivity contribution in [3.05, 3.63) is 33.3 Å². The first-order chi connectivity index (χ1) is 12.1. The number of amides is 1. The Balaban J connectivity index is 1.66. The summed E-state index contributed by atoms with van der Waals surface area (Å²) in [5, 5.41) is 13.9. The van der Waals surface area contributed by atoms with Crippen molar-refractivity contribution in [3.63, 3.8) is 0 Å². The molecular weight excluding hydrogens is 322 g/mol. The van der Waals surface area contributed by atoms with Crippen molar-refractivity contribution in [3.8, 4) is 0 Å². The Morgan fingerprint density at radius 3 is 2.60 bits per heavy atom. The largest absolute Gasteiger partial charge is 0.328 e. The van der Waals surface area contributed by atoms with Gasteiger partial charge < -0.3 is 9.88 Å². The van der Waals surface area contributed by atoms with Crippen molar-refractivity contribution in [1.29, 1.82) is 0 Å². The Morgan fingerprint density at radius 1 is 1.24 bits per heavy atom. The predicted octanol–water partition coefficient (Wildman–Crippen LogP) is 1.05. The number of carbonyl (C=O) groups is 1. The molecule has 2 heterocycles. The van der Waals surface area contributed by atoms with Gasteiger partial charge in [-0.05, 0) is 32.6 Å². The lowest BCUT2D eigenvalue weighted by Crippen LogP contribution is -2.41. The molecular formula is C16H21N7O2. The molecule has 0 aliphatic heterocycles. The minimum absolute atomic E-state index is 0.0907. The number of tetrazole rings is 1. The second-order valence-electron chi connectivity index (χ2n) is 6.89. The average Bonchev–Trinajstić information content (AvgIpc) is 3.07. The summed E-state index contributed by atoms with van der Waals surface area (Å²) in [6.07, 6.45) is 6.09. The minimum Gasteiger partial charge on any atom is -0.328 e. The van der Waals surface area contributed by atoms with Gasteiger partial charge >= 0.3 is 0 Å². The summed E-state index contributed by atoms with van der Waals surface area (Å²) < 4.78 is 0. The standard InChI is InChI=1S/C16H21N7O2/c1-9-13(15(24)18-14(17-9)10-6-7-10)16(25)23(11-4-2-3-5-11)8-12-19-21-22-20-12/h10-11H,2-8H2,1H3,(H,17,18,24)(H,19,20,21,22). The smallest absolute Gasteiger partial charge is 0.264 e. The van der Waals surface area contributed by atoms with Crippen LogP contribution >= 0.6 is 0 Å². The maximum atomic E-state index is 13.2. The topological polar surface area (TPSA) is 121 Å². The first-order valence-corrected chi connectivity index (χ1v) is 8.77. The van der Waals surface area contributed by atoms with Gasteiger partial charge in [-0.25, -0.2) is 4.98 Å². The summed E-state index contributed by atoms with van der Waals surface area (Å²) in [5.41, 5.74) is 0.266. The summed E-state index contributed by atoms with van der Waals surface area (Å²) in [5.74, 6) is 1.17. The van der Waals surface area contributed by atoms with Crippen LogP contribution in [-0.2, 0) is 6.54 Å². The zero-order chi connectivity index (χ0) is 17.4. The SMILES string of the molecule is Cc1nc(C2CC2)[nH]c(=O)c1C(=O)N(Cc1nn[nH]n1)C1CCCC1. The van der Waals surface area contributed by atoms with E-state index in [0.29, 0.717) is 23.3 Å². The van der Waals surface area contributed by atoms with Crippen molar-refractivity contribution in [2.24, 2.45) is 0 Å². The first kappa shape index (κ1) is 15.9. The molecule has 132 valence electrons. The van der Waals surface area contributed by atoms with Gasteiger partial charge in [0.15, 0.2) is 5.82 Å². The van der Waals surface area contributed by atoms with Crippen molar-refractivity contribution >= 4 is 5.91 Å². The molecule has 0 atom stereocenters. The van der Waals surface area contributed by atoms with Crippen LogP contribution in [0.2, 0.25) is 0 Å². The highest BCUT2D eigenvalue weighted by atomic mass is 16.2. The van der Waals surface area contributed by atoms with E-state index in [4.69, 9.17) is 0 Å². The number of hydrogen-bond acceptors (Lipinski definition) is 6. The maximum absolute atomic E-state index is 13.2. The Kier molecular flexibility index (Phi) is 4.06. The van der Waals surface area contributed by atoms with E-state index < -0.39 is 0 Å². The molecule has 0 bridgehead atoms. The van der Waals surface area contributed by atoms with Crippen molar-refractivity contribution < 1.29 is 4.79 Å². The molecule has 2 fully saturated rings. The number of aromatic nitrogens is 6. The van der Waals surface area contributed by atoms with Gasteiger partial charge in [0.1, 0.15) is 11.4 Å². The van der Waals surface area contributed by atoms with E-state index >= 15 is 0 Å². The molecule has 0 aromatic carbocycles. The van der Waals surface area contributed by atoms with Crippen LogP contribution in [0.15, 0.2) is 4.79 Å². The summed E-state index contributed by atoms with van der Waals surface area (Å²) in [7, 11) is 0. The molecule has 0 unspecified atom stereocenters. The molecule has 0 radical (unpaired) electrons. The van der Waals surface area contributed by atoms with Crippen LogP contribution in [-0.4, -0.2) is 47.4 Å². The first-order valence-electron chi connectivity index (χ1n) is 8.77. The van der Waals surface area contributed by atoms with Crippen molar-refractivity contribution in [2.75, 3.05) is 0 Å². The molecule has 2 aromatic rings. The third-order valence-electron chi connectivity index (χ3n) is 5.02. The Labute approximate surface area is 144 Å². The van der Waals surface area contributed by atoms with Crippen LogP contribution in [0.5, 0.6) is 0 Å². The maximum Gasteiger partial charge on any atom is 0.264 e. The van der Waals surface area contributed by atoms with Crippen LogP contribution in [0.25, 0.3) is 0 Å². The second kappa shape index (κ2) is 6.38. The number of nitrogens with zero attached hydrogens (tertiary/aromatic N) is 5. The number of rotatable bonds is 5. The Hall–Kier alpha value is -2.58. The zero-order valence-electron chi connectivity index (χ0n) is 14.2. The molecule has 25 heavy (non-hydrogen) atoms. The van der Waals surface area contributed by atoms with Crippen LogP contribution in [0, 0.1) is 6.92 Å². The van der Waals surface area contributed by atoms with Crippen LogP contribution in [0.1, 0.15) is 72.1 Å². The fraction of sp³-hybridized carbons (Fsp3) is 0.625. The molecule has 1 amide bonds. The number of hydrogen-bond donors (Lipinski definition) is 2. The highest BCUT2D eigenvalue weighted by Crippen LogP contribution is 2.37. The number of aryl methyl sites for hydroxylation is 1. The average molecular weight is 343 g/mol. The van der Waals surface area contributed by atoms with E-state index in [2.05, 4.69) is 30.6 Å². The monoisotopic (exact) mass is 343 g/mol. The summed E-state index contributed by atoms with van der Waals surface area (Å²) >= 11 is 0. The number of carbonyl (C=O) groups excluding carboxylic acids is 1. The molecule has 0 spiro atoms. The molecule has 2 N–H and O–H groups in total. The van der Waals surface area contributed by atoms with Gasteiger partial charge in [-0.15, -0.1) is 10.2 Å². The molecule has 9 heteroatoms. The van der Waals surface area contributed by atoms with Crippen LogP contribution < -0.4 is 5.56 Å². The number of H-pyrrole nitrogens is 2. The Bertz CT molecular complexity index is 820. The predicted molar refractivity (Wildman–Crippen MR) is 87.9 cm³/mol. The molecule has 4 rings (SSSR count). The normalized spacial score (nSPS) is 17.8. The van der Waals surface area contributed by atoms with E-state index in [1.54, 1.807) is 11.8 Å². The van der Waals surface area contributed by atoms with Gasteiger partial charge in [0, 0.05) is 12.0 Å². The number of aromatic amines is 2. The van der Waals surface area contributed by atoms with Gasteiger partial charge in [0.2, 0.25) is 0 Å². The zero-order valence-corrected chi connectivity index (χ0v) is 14.2. The molecule has 9 nitrogen and oxygen atoms in total. The van der Waals surface area contributed by atoms with Crippen LogP contribution in [0.4, 0.5) is 0 Å². The second-order valence-corrected chi connectivity index (χ2v) is 6.89. The fourth-order valence-corrected chi connectivity index (χ4v) is 3.54. The van der Waals surface area contributed by atoms with Gasteiger partial charge in [0.25, 0.3) is 11.5 Å². The highest BCUT2D eigenvalue weighted by molar-refractivity contribution is 5.95. The number of nitrogens with one attached hydrogen (secondary N) is 2. The van der Waals surface area contributed by atoms with Gasteiger partial charge in [-0.3, -0.25) is 9.59 Å². The Morgan fingerprint density at radius 2 is 2.00 bits per heavy atom. The quantitative estimate of drug-likeness (QED) is 0.837. The molecule has 2 aromatic heterocycles. The molecule has 2 aliphatic carbocycles. The third kappa shape index (κ3) is 3.18. The van der Waals surface area contributed by atoms with E-state index in [0.717, 1.165) is 38.5 Å². The fourth-order valence-electron chi connectivity index (χ4n) is 3.54. The van der Waals surface area contributed by atoms with E-state index in [9.17, 15) is 9.59 Å². The highest BCUT2D eigenvalue weighted by Gasteiger charge is 2.33. The lowest BCUT2D eigenvalue weighted by atomic mass is 10.1. The van der Waals surface area contributed by atoms with E-state index in [1.807, 2.05) is 0 Å². The third-order valence-corrected chi connectivity index (χ3v) is 5.02. The van der Waals surface area contributed by atoms with Gasteiger partial charge in [-0.2, -0.15) is 5.21 Å². The van der Waals surface area contributed by atoms with Crippen molar-refractivity contribution in [1.82, 2.24) is 35.5 Å². The lowest BCUT2D eigenvalue weighted by molar-refractivity contribution is 0.0655. The minimum atomic E-state index is -0.351. The van der Waals surface area contributed by atoms with Gasteiger partial charge in [-0.1, -0.05) is 18.1 Å². The summed E-state index contributed by atoms with van der Waals surface area (Å²) in [6, 6.07) is 0.0907. The van der Waals surface area contributed by atoms with Crippen molar-refractivity contribution in [2.45, 2.75) is 64.0 Å². The molecule has 2 aliphatic rings. The van der Waals surface area contributed by atoms with Gasteiger partial charge in [0.05, 0.1) is 12.2 Å². The molecule has 0 saturated heterocycles. The summed E-state index contributed by atoms with van der Waals surface area (Å²) in [6.45, 7) is 1.97. The van der Waals surface area contributed by atoms with E-state index in [1.165, 1.54) is 0 Å². The molecule has 2 saturated carbocycles. The van der Waals surface area contributed by atoms with Crippen LogP contribution in [0.3, 0.4) is 0 Å². The van der Waals surface area contributed by atoms with E-state index in [-0.39, 0.29) is 29.6 Å². The lowest BCUT2D eigenvalue weighted by Gasteiger charge is -2.28.